The average Bonchev–Trinajstić information content (AvgIpc) is 2.51. The second-order valence-electron chi connectivity index (χ2n) is 5.19. The molecule has 0 aliphatic rings. The van der Waals surface area contributed by atoms with Gasteiger partial charge in [-0.2, -0.15) is 0 Å². The van der Waals surface area contributed by atoms with Crippen molar-refractivity contribution in [3.63, 3.8) is 0 Å². The van der Waals surface area contributed by atoms with E-state index in [9.17, 15) is 9.59 Å². The van der Waals surface area contributed by atoms with Gasteiger partial charge in [0.2, 0.25) is 11.8 Å². The topological polar surface area (TPSA) is 49.4 Å². The number of anilines is 2. The maximum Gasteiger partial charge on any atom is 0.244 e. The molecule has 0 saturated heterocycles. The van der Waals surface area contributed by atoms with Crippen LogP contribution in [-0.2, 0) is 9.59 Å². The summed E-state index contributed by atoms with van der Waals surface area (Å²) in [6.07, 6.45) is 0. The lowest BCUT2D eigenvalue weighted by Gasteiger charge is -2.22. The van der Waals surface area contributed by atoms with Gasteiger partial charge in [-0.3, -0.25) is 9.59 Å². The standard InChI is InChI=1S/C17H15Cl3N2O2/c1-10-6-7-12(18)8-14(10)21-16(24)9-22(11(2)23)15-5-3-4-13(19)17(15)20/h3-8H,9H2,1-2H3,(H,21,24). The Kier molecular flexibility index (Phi) is 6.10. The molecule has 0 bridgehead atoms. The highest BCUT2D eigenvalue weighted by Gasteiger charge is 2.20. The van der Waals surface area contributed by atoms with Gasteiger partial charge >= 0.3 is 0 Å². The number of aryl methyl sites for hydroxylation is 1. The molecule has 2 aromatic rings. The third-order valence-electron chi connectivity index (χ3n) is 3.38. The molecule has 7 heteroatoms. The molecule has 0 fully saturated rings. The number of carbonyl (C=O) groups is 2. The zero-order chi connectivity index (χ0) is 17.9. The van der Waals surface area contributed by atoms with Crippen molar-refractivity contribution < 1.29 is 9.59 Å². The van der Waals surface area contributed by atoms with Crippen molar-refractivity contribution in [1.29, 1.82) is 0 Å². The molecule has 0 atom stereocenters. The van der Waals surface area contributed by atoms with Crippen LogP contribution in [0.4, 0.5) is 11.4 Å². The van der Waals surface area contributed by atoms with Crippen LogP contribution in [0, 0.1) is 6.92 Å². The molecular formula is C17H15Cl3N2O2. The number of amides is 2. The third-order valence-corrected chi connectivity index (χ3v) is 4.42. The van der Waals surface area contributed by atoms with Gasteiger partial charge in [0.15, 0.2) is 0 Å². The average molecular weight is 386 g/mol. The fraction of sp³-hybridized carbons (Fsp3) is 0.176. The number of benzene rings is 2. The fourth-order valence-electron chi connectivity index (χ4n) is 2.13. The smallest absolute Gasteiger partial charge is 0.244 e. The Morgan fingerprint density at radius 3 is 2.50 bits per heavy atom. The second kappa shape index (κ2) is 7.88. The highest BCUT2D eigenvalue weighted by molar-refractivity contribution is 6.44. The van der Waals surface area contributed by atoms with Gasteiger partial charge in [0, 0.05) is 17.6 Å². The number of rotatable bonds is 4. The van der Waals surface area contributed by atoms with Crippen LogP contribution in [0.3, 0.4) is 0 Å². The van der Waals surface area contributed by atoms with Gasteiger partial charge in [-0.15, -0.1) is 0 Å². The number of nitrogens with one attached hydrogen (secondary N) is 1. The highest BCUT2D eigenvalue weighted by atomic mass is 35.5. The van der Waals surface area contributed by atoms with E-state index < -0.39 is 0 Å². The molecular weight excluding hydrogens is 371 g/mol. The number of halogens is 3. The van der Waals surface area contributed by atoms with E-state index in [1.54, 1.807) is 36.4 Å². The van der Waals surface area contributed by atoms with Crippen LogP contribution >= 0.6 is 34.8 Å². The SMILES string of the molecule is CC(=O)N(CC(=O)Nc1cc(Cl)ccc1C)c1cccc(Cl)c1Cl. The number of hydrogen-bond acceptors (Lipinski definition) is 2. The molecule has 0 aliphatic carbocycles. The minimum Gasteiger partial charge on any atom is -0.324 e. The van der Waals surface area contributed by atoms with E-state index in [2.05, 4.69) is 5.32 Å². The Morgan fingerprint density at radius 1 is 1.12 bits per heavy atom. The lowest BCUT2D eigenvalue weighted by Crippen LogP contribution is -2.37. The van der Waals surface area contributed by atoms with Crippen molar-refractivity contribution >= 4 is 58.0 Å². The van der Waals surface area contributed by atoms with Crippen LogP contribution in [0.2, 0.25) is 15.1 Å². The first-order valence-electron chi connectivity index (χ1n) is 7.07. The molecule has 1 N–H and O–H groups in total. The van der Waals surface area contributed by atoms with E-state index in [0.29, 0.717) is 21.4 Å². The Hall–Kier alpha value is -1.75. The fourth-order valence-corrected chi connectivity index (χ4v) is 2.70. The quantitative estimate of drug-likeness (QED) is 0.810. The molecule has 2 aromatic carbocycles. The van der Waals surface area contributed by atoms with Gasteiger partial charge in [-0.25, -0.2) is 0 Å². The summed E-state index contributed by atoms with van der Waals surface area (Å²) in [5.41, 5.74) is 1.84. The van der Waals surface area contributed by atoms with Gasteiger partial charge in [0.1, 0.15) is 6.54 Å². The van der Waals surface area contributed by atoms with Crippen LogP contribution in [0.5, 0.6) is 0 Å². The van der Waals surface area contributed by atoms with Crippen molar-refractivity contribution in [2.75, 3.05) is 16.8 Å². The summed E-state index contributed by atoms with van der Waals surface area (Å²) in [5.74, 6) is -0.691. The molecule has 126 valence electrons. The lowest BCUT2D eigenvalue weighted by atomic mass is 10.2. The molecule has 0 saturated carbocycles. The molecule has 2 amide bonds. The first-order chi connectivity index (χ1) is 11.3. The predicted octanol–water partition coefficient (Wildman–Crippen LogP) is 4.95. The zero-order valence-corrected chi connectivity index (χ0v) is 15.3. The molecule has 4 nitrogen and oxygen atoms in total. The number of nitrogens with zero attached hydrogens (tertiary/aromatic N) is 1. The Bertz CT molecular complexity index is 793. The summed E-state index contributed by atoms with van der Waals surface area (Å²) in [4.78, 5) is 25.5. The lowest BCUT2D eigenvalue weighted by molar-refractivity contribution is -0.120. The van der Waals surface area contributed by atoms with Gasteiger partial charge in [-0.1, -0.05) is 46.9 Å². The molecule has 0 aliphatic heterocycles. The number of hydrogen-bond donors (Lipinski definition) is 1. The van der Waals surface area contributed by atoms with Crippen LogP contribution < -0.4 is 10.2 Å². The second-order valence-corrected chi connectivity index (χ2v) is 6.41. The van der Waals surface area contributed by atoms with Gasteiger partial charge in [-0.05, 0) is 36.8 Å². The van der Waals surface area contributed by atoms with E-state index in [0.717, 1.165) is 5.56 Å². The van der Waals surface area contributed by atoms with Crippen LogP contribution in [0.25, 0.3) is 0 Å². The monoisotopic (exact) mass is 384 g/mol. The third kappa shape index (κ3) is 4.41. The maximum atomic E-state index is 12.3. The Labute approximate surface area is 155 Å². The van der Waals surface area contributed by atoms with Crippen molar-refractivity contribution in [2.24, 2.45) is 0 Å². The van der Waals surface area contributed by atoms with E-state index >= 15 is 0 Å². The van der Waals surface area contributed by atoms with Crippen molar-refractivity contribution in [3.8, 4) is 0 Å². The van der Waals surface area contributed by atoms with Gasteiger partial charge in [0.05, 0.1) is 15.7 Å². The molecule has 24 heavy (non-hydrogen) atoms. The molecule has 2 rings (SSSR count). The normalized spacial score (nSPS) is 10.4. The minimum absolute atomic E-state index is 0.193. The zero-order valence-electron chi connectivity index (χ0n) is 13.1. The molecule has 0 radical (unpaired) electrons. The Balaban J connectivity index is 2.22. The summed E-state index contributed by atoms with van der Waals surface area (Å²) in [6.45, 7) is 3.01. The van der Waals surface area contributed by atoms with Crippen molar-refractivity contribution in [2.45, 2.75) is 13.8 Å². The van der Waals surface area contributed by atoms with Crippen LogP contribution in [-0.4, -0.2) is 18.4 Å². The molecule has 0 unspecified atom stereocenters. The first-order valence-corrected chi connectivity index (χ1v) is 8.21. The molecule has 0 spiro atoms. The highest BCUT2D eigenvalue weighted by Crippen LogP contribution is 2.32. The van der Waals surface area contributed by atoms with Crippen LogP contribution in [0.1, 0.15) is 12.5 Å². The summed E-state index contributed by atoms with van der Waals surface area (Å²) >= 11 is 18.1. The van der Waals surface area contributed by atoms with Gasteiger partial charge in [0.25, 0.3) is 0 Å². The number of carbonyl (C=O) groups excluding carboxylic acids is 2. The largest absolute Gasteiger partial charge is 0.324 e. The Morgan fingerprint density at radius 2 is 1.83 bits per heavy atom. The minimum atomic E-state index is -0.369. The molecule has 0 aromatic heterocycles. The summed E-state index contributed by atoms with van der Waals surface area (Å²) in [5, 5.41) is 3.79. The summed E-state index contributed by atoms with van der Waals surface area (Å²) in [6, 6.07) is 10.1. The summed E-state index contributed by atoms with van der Waals surface area (Å²) < 4.78 is 0. The van der Waals surface area contributed by atoms with Crippen LogP contribution in [0.15, 0.2) is 36.4 Å². The van der Waals surface area contributed by atoms with E-state index in [4.69, 9.17) is 34.8 Å². The summed E-state index contributed by atoms with van der Waals surface area (Å²) in [7, 11) is 0. The maximum absolute atomic E-state index is 12.3. The van der Waals surface area contributed by atoms with Crippen molar-refractivity contribution in [1.82, 2.24) is 0 Å². The van der Waals surface area contributed by atoms with Crippen molar-refractivity contribution in [3.05, 3.63) is 57.0 Å². The van der Waals surface area contributed by atoms with E-state index in [1.807, 2.05) is 6.92 Å². The first kappa shape index (κ1) is 18.6. The van der Waals surface area contributed by atoms with E-state index in [-0.39, 0.29) is 23.4 Å². The molecule has 0 heterocycles. The predicted molar refractivity (Wildman–Crippen MR) is 99.3 cm³/mol. The van der Waals surface area contributed by atoms with Gasteiger partial charge < -0.3 is 10.2 Å². The van der Waals surface area contributed by atoms with E-state index in [1.165, 1.54) is 11.8 Å².